The van der Waals surface area contributed by atoms with E-state index in [1.807, 2.05) is 42.5 Å². The summed E-state index contributed by atoms with van der Waals surface area (Å²) < 4.78 is 0. The number of carboxylic acid groups (broad SMARTS) is 1. The van der Waals surface area contributed by atoms with E-state index < -0.39 is 5.97 Å². The molecule has 1 fully saturated rings. The Morgan fingerprint density at radius 3 is 2.44 bits per heavy atom. The summed E-state index contributed by atoms with van der Waals surface area (Å²) in [6.07, 6.45) is 1.14. The molecule has 1 saturated heterocycles. The van der Waals surface area contributed by atoms with E-state index in [2.05, 4.69) is 32.8 Å². The first-order chi connectivity index (χ1) is 19.8. The number of hydrogen-bond donors (Lipinski definition) is 4. The molecule has 3 aromatic carbocycles. The lowest BCUT2D eigenvalue weighted by molar-refractivity contribution is -0.110. The largest absolute Gasteiger partial charge is 0.478 e. The second kappa shape index (κ2) is 12.4. The van der Waals surface area contributed by atoms with Crippen molar-refractivity contribution in [1.29, 1.82) is 0 Å². The van der Waals surface area contributed by atoms with Gasteiger partial charge in [-0.15, -0.1) is 0 Å². The summed E-state index contributed by atoms with van der Waals surface area (Å²) >= 11 is 0. The van der Waals surface area contributed by atoms with E-state index in [1.54, 1.807) is 25.1 Å². The number of likely N-dealkylation sites (N-methyl/N-ethyl adjacent to an activating group) is 1. The third-order valence-corrected chi connectivity index (χ3v) is 7.59. The van der Waals surface area contributed by atoms with Crippen molar-refractivity contribution in [2.75, 3.05) is 56.9 Å². The first kappa shape index (κ1) is 28.1. The average Bonchev–Trinajstić information content (AvgIpc) is 3.12. The van der Waals surface area contributed by atoms with E-state index in [9.17, 15) is 19.5 Å². The van der Waals surface area contributed by atoms with Gasteiger partial charge in [-0.05, 0) is 81.0 Å². The van der Waals surface area contributed by atoms with E-state index >= 15 is 0 Å². The highest BCUT2D eigenvalue weighted by Crippen LogP contribution is 2.39. The molecule has 41 heavy (non-hydrogen) atoms. The third-order valence-electron chi connectivity index (χ3n) is 7.59. The third kappa shape index (κ3) is 6.48. The molecular weight excluding hydrogens is 518 g/mol. The van der Waals surface area contributed by atoms with E-state index in [-0.39, 0.29) is 17.4 Å². The van der Waals surface area contributed by atoms with Crippen LogP contribution < -0.4 is 16.0 Å². The summed E-state index contributed by atoms with van der Waals surface area (Å²) in [7, 11) is 2.14. The molecule has 0 radical (unpaired) electrons. The minimum Gasteiger partial charge on any atom is -0.478 e. The summed E-state index contributed by atoms with van der Waals surface area (Å²) in [6, 6.07) is 19.9. The maximum absolute atomic E-state index is 13.2. The molecule has 5 rings (SSSR count). The van der Waals surface area contributed by atoms with Gasteiger partial charge in [-0.25, -0.2) is 4.79 Å². The standard InChI is InChI=1S/C32H35N5O4/c1-21-19-26-27(20-25(21)32(40)41)35-31(39)28(26)29(22-7-4-3-5-8-22)34-24-11-9-23(10-12-24)30(38)33-13-16-37-15-6-14-36(2)17-18-37/h3-5,7-12,19-20,34H,6,13-18H2,1-2H3,(H,33,38)(H,35,39)(H,40,41)/b29-28+. The number of anilines is 2. The Morgan fingerprint density at radius 2 is 1.71 bits per heavy atom. The van der Waals surface area contributed by atoms with Crippen LogP contribution in [0.4, 0.5) is 11.4 Å². The molecule has 2 amide bonds. The van der Waals surface area contributed by atoms with Crippen molar-refractivity contribution in [2.45, 2.75) is 13.3 Å². The lowest BCUT2D eigenvalue weighted by atomic mass is 9.96. The number of carboxylic acids is 1. The number of amides is 2. The fourth-order valence-corrected chi connectivity index (χ4v) is 5.29. The summed E-state index contributed by atoms with van der Waals surface area (Å²) in [5.74, 6) is -1.49. The number of nitrogens with zero attached hydrogens (tertiary/aromatic N) is 2. The quantitative estimate of drug-likeness (QED) is 0.312. The van der Waals surface area contributed by atoms with Gasteiger partial charge in [0.1, 0.15) is 0 Å². The molecule has 2 aliphatic rings. The zero-order valence-corrected chi connectivity index (χ0v) is 23.4. The first-order valence-corrected chi connectivity index (χ1v) is 13.9. The SMILES string of the molecule is Cc1cc2c(cc1C(=O)O)NC(=O)/C2=C(/Nc1ccc(C(=O)NCCN2CCCN(C)CC2)cc1)c1ccccc1. The molecule has 2 heterocycles. The highest BCUT2D eigenvalue weighted by atomic mass is 16.4. The van der Waals surface area contributed by atoms with Crippen LogP contribution in [-0.4, -0.2) is 79.0 Å². The Morgan fingerprint density at radius 1 is 0.951 bits per heavy atom. The molecule has 9 nitrogen and oxygen atoms in total. The van der Waals surface area contributed by atoms with Crippen molar-refractivity contribution in [3.05, 3.63) is 94.5 Å². The van der Waals surface area contributed by atoms with E-state index in [0.29, 0.717) is 45.9 Å². The maximum atomic E-state index is 13.2. The molecule has 3 aromatic rings. The van der Waals surface area contributed by atoms with Crippen molar-refractivity contribution in [1.82, 2.24) is 15.1 Å². The summed E-state index contributed by atoms with van der Waals surface area (Å²) in [6.45, 7) is 7.33. The van der Waals surface area contributed by atoms with Gasteiger partial charge in [0, 0.05) is 43.0 Å². The van der Waals surface area contributed by atoms with Gasteiger partial charge >= 0.3 is 5.97 Å². The maximum Gasteiger partial charge on any atom is 0.336 e. The number of carbonyl (C=O) groups is 3. The highest BCUT2D eigenvalue weighted by molar-refractivity contribution is 6.37. The average molecular weight is 554 g/mol. The number of aromatic carboxylic acids is 1. The van der Waals surface area contributed by atoms with E-state index in [0.717, 1.165) is 44.7 Å². The normalized spacial score (nSPS) is 16.9. The van der Waals surface area contributed by atoms with Crippen LogP contribution in [0.25, 0.3) is 11.3 Å². The molecule has 0 bridgehead atoms. The Hall–Kier alpha value is -4.47. The Kier molecular flexibility index (Phi) is 8.47. The summed E-state index contributed by atoms with van der Waals surface area (Å²) in [5.41, 5.74) is 4.88. The van der Waals surface area contributed by atoms with Crippen molar-refractivity contribution < 1.29 is 19.5 Å². The van der Waals surface area contributed by atoms with Gasteiger partial charge in [-0.1, -0.05) is 30.3 Å². The van der Waals surface area contributed by atoms with Crippen LogP contribution in [0, 0.1) is 6.92 Å². The number of nitrogens with one attached hydrogen (secondary N) is 3. The van der Waals surface area contributed by atoms with Crippen LogP contribution in [0.1, 0.15) is 43.8 Å². The van der Waals surface area contributed by atoms with E-state index in [1.165, 1.54) is 6.07 Å². The Balaban J connectivity index is 1.34. The second-order valence-corrected chi connectivity index (χ2v) is 10.5. The predicted molar refractivity (Wildman–Crippen MR) is 161 cm³/mol. The van der Waals surface area contributed by atoms with Gasteiger partial charge in [-0.2, -0.15) is 0 Å². The zero-order valence-electron chi connectivity index (χ0n) is 23.4. The minimum atomic E-state index is -1.04. The van der Waals surface area contributed by atoms with Gasteiger partial charge in [0.25, 0.3) is 11.8 Å². The summed E-state index contributed by atoms with van der Waals surface area (Å²) in [4.78, 5) is 42.4. The second-order valence-electron chi connectivity index (χ2n) is 10.5. The van der Waals surface area contributed by atoms with Crippen LogP contribution >= 0.6 is 0 Å². The molecule has 0 atom stereocenters. The first-order valence-electron chi connectivity index (χ1n) is 13.9. The molecule has 0 unspecified atom stereocenters. The minimum absolute atomic E-state index is 0.126. The Bertz CT molecular complexity index is 1480. The molecule has 0 aliphatic carbocycles. The lowest BCUT2D eigenvalue weighted by Gasteiger charge is -2.20. The molecule has 9 heteroatoms. The fourth-order valence-electron chi connectivity index (χ4n) is 5.29. The zero-order chi connectivity index (χ0) is 28.9. The highest BCUT2D eigenvalue weighted by Gasteiger charge is 2.30. The van der Waals surface area contributed by atoms with Gasteiger partial charge < -0.3 is 30.9 Å². The van der Waals surface area contributed by atoms with Gasteiger partial charge in [0.2, 0.25) is 0 Å². The molecule has 0 aromatic heterocycles. The van der Waals surface area contributed by atoms with Crippen LogP contribution in [0.2, 0.25) is 0 Å². The van der Waals surface area contributed by atoms with Gasteiger partial charge in [0.15, 0.2) is 0 Å². The smallest absolute Gasteiger partial charge is 0.336 e. The fraction of sp³-hybridized carbons (Fsp3) is 0.281. The number of benzene rings is 3. The van der Waals surface area contributed by atoms with Crippen molar-refractivity contribution in [3.8, 4) is 0 Å². The van der Waals surface area contributed by atoms with Gasteiger partial charge in [0.05, 0.1) is 22.5 Å². The Labute approximate surface area is 239 Å². The number of carbonyl (C=O) groups excluding carboxylic acids is 2. The number of rotatable bonds is 8. The molecule has 2 aliphatic heterocycles. The van der Waals surface area contributed by atoms with Crippen molar-refractivity contribution in [3.63, 3.8) is 0 Å². The predicted octanol–water partition coefficient (Wildman–Crippen LogP) is 3.99. The lowest BCUT2D eigenvalue weighted by Crippen LogP contribution is -2.36. The molecule has 0 spiro atoms. The number of fused-ring (bicyclic) bond motifs is 1. The molecular formula is C32H35N5O4. The van der Waals surface area contributed by atoms with E-state index in [4.69, 9.17) is 0 Å². The van der Waals surface area contributed by atoms with Crippen molar-refractivity contribution in [2.24, 2.45) is 0 Å². The van der Waals surface area contributed by atoms with Crippen LogP contribution in [0.5, 0.6) is 0 Å². The molecule has 0 saturated carbocycles. The van der Waals surface area contributed by atoms with Gasteiger partial charge in [-0.3, -0.25) is 9.59 Å². The molecule has 212 valence electrons. The van der Waals surface area contributed by atoms with Crippen LogP contribution in [-0.2, 0) is 4.79 Å². The van der Waals surface area contributed by atoms with Crippen molar-refractivity contribution >= 4 is 40.4 Å². The van der Waals surface area contributed by atoms with Crippen LogP contribution in [0.15, 0.2) is 66.7 Å². The molecule has 4 N–H and O–H groups in total. The topological polar surface area (TPSA) is 114 Å². The van der Waals surface area contributed by atoms with Crippen LogP contribution in [0.3, 0.4) is 0 Å². The summed E-state index contributed by atoms with van der Waals surface area (Å²) in [5, 5.41) is 18.8. The number of hydrogen-bond acceptors (Lipinski definition) is 6. The monoisotopic (exact) mass is 553 g/mol. The number of aryl methyl sites for hydroxylation is 1.